The molecule has 16 heavy (non-hydrogen) atoms. The third-order valence-electron chi connectivity index (χ3n) is 1.94. The van der Waals surface area contributed by atoms with Crippen LogP contribution in [0, 0.1) is 5.82 Å². The Labute approximate surface area is 92.6 Å². The molecular formula is C11H13FO4. The van der Waals surface area contributed by atoms with Crippen molar-refractivity contribution in [3.63, 3.8) is 0 Å². The minimum absolute atomic E-state index is 0.169. The highest BCUT2D eigenvalue weighted by Gasteiger charge is 2.15. The monoisotopic (exact) mass is 228 g/mol. The van der Waals surface area contributed by atoms with E-state index in [1.54, 1.807) is 7.11 Å². The zero-order valence-electron chi connectivity index (χ0n) is 8.90. The highest BCUT2D eigenvalue weighted by molar-refractivity contribution is 5.90. The van der Waals surface area contributed by atoms with Gasteiger partial charge in [-0.25, -0.2) is 9.18 Å². The number of halogens is 1. The Balaban J connectivity index is 2.73. The highest BCUT2D eigenvalue weighted by atomic mass is 19.1. The lowest BCUT2D eigenvalue weighted by Gasteiger charge is -2.09. The van der Waals surface area contributed by atoms with Gasteiger partial charge in [0.25, 0.3) is 0 Å². The Bertz CT molecular complexity index is 365. The second kappa shape index (κ2) is 6.07. The molecule has 0 saturated carbocycles. The van der Waals surface area contributed by atoms with Gasteiger partial charge in [-0.1, -0.05) is 6.07 Å². The van der Waals surface area contributed by atoms with Crippen molar-refractivity contribution >= 4 is 5.97 Å². The van der Waals surface area contributed by atoms with Gasteiger partial charge in [0.05, 0.1) is 6.61 Å². The molecule has 0 bridgehead atoms. The van der Waals surface area contributed by atoms with Crippen molar-refractivity contribution in [3.05, 3.63) is 29.6 Å². The molecule has 1 aromatic rings. The summed E-state index contributed by atoms with van der Waals surface area (Å²) < 4.78 is 23.2. The van der Waals surface area contributed by atoms with E-state index in [0.717, 1.165) is 6.07 Å². The van der Waals surface area contributed by atoms with Crippen LogP contribution in [0.2, 0.25) is 0 Å². The molecule has 0 saturated heterocycles. The van der Waals surface area contributed by atoms with Gasteiger partial charge in [0.15, 0.2) is 11.6 Å². The molecule has 1 rings (SSSR count). The number of hydrogen-bond acceptors (Lipinski definition) is 3. The van der Waals surface area contributed by atoms with Gasteiger partial charge in [-0.15, -0.1) is 0 Å². The maximum absolute atomic E-state index is 13.3. The predicted octanol–water partition coefficient (Wildman–Crippen LogP) is 1.94. The van der Waals surface area contributed by atoms with E-state index in [1.807, 2.05) is 0 Å². The second-order valence-electron chi connectivity index (χ2n) is 3.12. The van der Waals surface area contributed by atoms with E-state index in [1.165, 1.54) is 12.1 Å². The van der Waals surface area contributed by atoms with Crippen molar-refractivity contribution in [1.29, 1.82) is 0 Å². The van der Waals surface area contributed by atoms with Gasteiger partial charge in [-0.3, -0.25) is 0 Å². The molecule has 0 atom stereocenters. The first-order valence-electron chi connectivity index (χ1n) is 4.80. The minimum atomic E-state index is -1.21. The summed E-state index contributed by atoms with van der Waals surface area (Å²) in [7, 11) is 1.55. The van der Waals surface area contributed by atoms with Gasteiger partial charge >= 0.3 is 5.97 Å². The normalized spacial score (nSPS) is 10.1. The van der Waals surface area contributed by atoms with E-state index in [0.29, 0.717) is 13.0 Å². The summed E-state index contributed by atoms with van der Waals surface area (Å²) in [6.07, 6.45) is 0.573. The van der Waals surface area contributed by atoms with Gasteiger partial charge in [0, 0.05) is 20.1 Å². The molecule has 0 fully saturated rings. The van der Waals surface area contributed by atoms with Gasteiger partial charge in [-0.2, -0.15) is 0 Å². The third-order valence-corrected chi connectivity index (χ3v) is 1.94. The summed E-state index contributed by atoms with van der Waals surface area (Å²) in [4.78, 5) is 10.8. The van der Waals surface area contributed by atoms with Crippen LogP contribution in [0.3, 0.4) is 0 Å². The fourth-order valence-corrected chi connectivity index (χ4v) is 1.20. The topological polar surface area (TPSA) is 55.8 Å². The summed E-state index contributed by atoms with van der Waals surface area (Å²) in [6.45, 7) is 0.700. The average molecular weight is 228 g/mol. The first-order chi connectivity index (χ1) is 7.66. The minimum Gasteiger partial charge on any atom is -0.490 e. The van der Waals surface area contributed by atoms with Crippen LogP contribution in [0.5, 0.6) is 5.75 Å². The first kappa shape index (κ1) is 12.4. The Kier molecular flexibility index (Phi) is 4.72. The van der Waals surface area contributed by atoms with Gasteiger partial charge < -0.3 is 14.6 Å². The molecule has 0 heterocycles. The molecule has 0 aliphatic heterocycles. The standard InChI is InChI=1S/C11H13FO4/c1-15-6-3-7-16-10-8(11(13)14)4-2-5-9(10)12/h2,4-5H,3,6-7H2,1H3,(H,13,14). The van der Waals surface area contributed by atoms with Gasteiger partial charge in [0.2, 0.25) is 0 Å². The fraction of sp³-hybridized carbons (Fsp3) is 0.364. The molecule has 1 N–H and O–H groups in total. The lowest BCUT2D eigenvalue weighted by Crippen LogP contribution is -2.07. The molecule has 0 aromatic heterocycles. The number of ether oxygens (including phenoxy) is 2. The summed E-state index contributed by atoms with van der Waals surface area (Å²) >= 11 is 0. The second-order valence-corrected chi connectivity index (χ2v) is 3.12. The van der Waals surface area contributed by atoms with Gasteiger partial charge in [-0.05, 0) is 12.1 Å². The number of carboxylic acids is 1. The number of hydrogen-bond donors (Lipinski definition) is 1. The van der Waals surface area contributed by atoms with Crippen LogP contribution < -0.4 is 4.74 Å². The largest absolute Gasteiger partial charge is 0.490 e. The third kappa shape index (κ3) is 3.20. The molecule has 5 heteroatoms. The molecule has 0 radical (unpaired) electrons. The van der Waals surface area contributed by atoms with Crippen molar-refractivity contribution in [3.8, 4) is 5.75 Å². The van der Waals surface area contributed by atoms with Crippen LogP contribution in [0.25, 0.3) is 0 Å². The number of carbonyl (C=O) groups is 1. The molecule has 88 valence electrons. The lowest BCUT2D eigenvalue weighted by atomic mass is 10.2. The van der Waals surface area contributed by atoms with Crippen molar-refractivity contribution in [2.45, 2.75) is 6.42 Å². The summed E-state index contributed by atoms with van der Waals surface area (Å²) in [5.74, 6) is -2.09. The molecule has 4 nitrogen and oxygen atoms in total. The first-order valence-corrected chi connectivity index (χ1v) is 4.80. The van der Waals surface area contributed by atoms with Crippen LogP contribution in [-0.2, 0) is 4.74 Å². The molecule has 0 aliphatic rings. The Hall–Kier alpha value is -1.62. The zero-order chi connectivity index (χ0) is 12.0. The maximum atomic E-state index is 13.3. The fourth-order valence-electron chi connectivity index (χ4n) is 1.20. The van der Waals surface area contributed by atoms with Crippen molar-refractivity contribution in [2.75, 3.05) is 20.3 Å². The van der Waals surface area contributed by atoms with Crippen LogP contribution in [0.4, 0.5) is 4.39 Å². The number of methoxy groups -OCH3 is 1. The SMILES string of the molecule is COCCCOc1c(F)cccc1C(=O)O. The van der Waals surface area contributed by atoms with E-state index in [9.17, 15) is 9.18 Å². The molecule has 0 spiro atoms. The molecule has 0 aliphatic carbocycles. The number of para-hydroxylation sites is 1. The van der Waals surface area contributed by atoms with Crippen LogP contribution in [-0.4, -0.2) is 31.4 Å². The van der Waals surface area contributed by atoms with E-state index in [-0.39, 0.29) is 17.9 Å². The van der Waals surface area contributed by atoms with Crippen molar-refractivity contribution in [2.24, 2.45) is 0 Å². The van der Waals surface area contributed by atoms with E-state index < -0.39 is 11.8 Å². The summed E-state index contributed by atoms with van der Waals surface area (Å²) in [5.41, 5.74) is -0.169. The quantitative estimate of drug-likeness (QED) is 0.756. The molecule has 0 unspecified atom stereocenters. The van der Waals surface area contributed by atoms with Crippen LogP contribution in [0.15, 0.2) is 18.2 Å². The van der Waals surface area contributed by atoms with E-state index >= 15 is 0 Å². The molecule has 1 aromatic carbocycles. The molecular weight excluding hydrogens is 215 g/mol. The number of aromatic carboxylic acids is 1. The van der Waals surface area contributed by atoms with E-state index in [2.05, 4.69) is 0 Å². The van der Waals surface area contributed by atoms with Crippen molar-refractivity contribution in [1.82, 2.24) is 0 Å². The van der Waals surface area contributed by atoms with Crippen molar-refractivity contribution < 1.29 is 23.8 Å². The predicted molar refractivity (Wildman–Crippen MR) is 55.3 cm³/mol. The highest BCUT2D eigenvalue weighted by Crippen LogP contribution is 2.22. The number of carboxylic acid groups (broad SMARTS) is 1. The van der Waals surface area contributed by atoms with Crippen LogP contribution >= 0.6 is 0 Å². The Morgan fingerprint density at radius 2 is 2.19 bits per heavy atom. The smallest absolute Gasteiger partial charge is 0.339 e. The molecule has 0 amide bonds. The Morgan fingerprint density at radius 3 is 2.81 bits per heavy atom. The van der Waals surface area contributed by atoms with E-state index in [4.69, 9.17) is 14.6 Å². The zero-order valence-corrected chi connectivity index (χ0v) is 8.90. The van der Waals surface area contributed by atoms with Crippen LogP contribution in [0.1, 0.15) is 16.8 Å². The summed E-state index contributed by atoms with van der Waals surface area (Å²) in [6, 6.07) is 3.80. The lowest BCUT2D eigenvalue weighted by molar-refractivity contribution is 0.0690. The number of benzene rings is 1. The Morgan fingerprint density at radius 1 is 1.44 bits per heavy atom. The average Bonchev–Trinajstić information content (AvgIpc) is 2.25. The number of rotatable bonds is 6. The van der Waals surface area contributed by atoms with Gasteiger partial charge in [0.1, 0.15) is 5.56 Å². The maximum Gasteiger partial charge on any atom is 0.339 e. The summed E-state index contributed by atoms with van der Waals surface area (Å²) in [5, 5.41) is 8.82.